The number of imidazole rings is 1. The largest absolute Gasteiger partial charge is 0.338 e. The van der Waals surface area contributed by atoms with Gasteiger partial charge in [0.1, 0.15) is 5.88 Å². The number of carbonyl (C=O) groups excluding carboxylic acids is 2. The number of piperidine rings is 1. The average molecular weight is 478 g/mol. The van der Waals surface area contributed by atoms with Gasteiger partial charge in [-0.1, -0.05) is 13.3 Å². The Morgan fingerprint density at radius 3 is 2.39 bits per heavy atom. The highest BCUT2D eigenvalue weighted by Gasteiger charge is 2.31. The van der Waals surface area contributed by atoms with E-state index in [4.69, 9.17) is 0 Å². The Morgan fingerprint density at radius 1 is 1.18 bits per heavy atom. The van der Waals surface area contributed by atoms with Gasteiger partial charge in [0.2, 0.25) is 0 Å². The van der Waals surface area contributed by atoms with Crippen LogP contribution in [-0.2, 0) is 10.1 Å². The van der Waals surface area contributed by atoms with E-state index < -0.39 is 22.0 Å². The lowest BCUT2D eigenvalue weighted by Gasteiger charge is -2.38. The van der Waals surface area contributed by atoms with E-state index in [0.717, 1.165) is 17.0 Å². The van der Waals surface area contributed by atoms with Crippen molar-refractivity contribution in [3.63, 3.8) is 0 Å². The Bertz CT molecular complexity index is 1030. The number of rotatable bonds is 8. The molecule has 0 spiro atoms. The molecule has 1 saturated heterocycles. The predicted molar refractivity (Wildman–Crippen MR) is 124 cm³/mol. The van der Waals surface area contributed by atoms with Gasteiger partial charge in [-0.2, -0.15) is 8.42 Å². The molecule has 1 aliphatic rings. The van der Waals surface area contributed by atoms with E-state index in [1.807, 2.05) is 29.8 Å². The van der Waals surface area contributed by atoms with Crippen LogP contribution in [0.4, 0.5) is 4.79 Å². The maximum Gasteiger partial charge on any atom is 0.320 e. The van der Waals surface area contributed by atoms with E-state index >= 15 is 0 Å². The molecular formula is C22H31N5O5S. The van der Waals surface area contributed by atoms with Crippen molar-refractivity contribution >= 4 is 22.1 Å². The second-order valence-corrected chi connectivity index (χ2v) is 9.68. The molecule has 0 unspecified atom stereocenters. The quantitative estimate of drug-likeness (QED) is 0.584. The number of benzene rings is 1. The monoisotopic (exact) mass is 477 g/mol. The summed E-state index contributed by atoms with van der Waals surface area (Å²) in [5.41, 5.74) is 1.51. The summed E-state index contributed by atoms with van der Waals surface area (Å²) in [6.07, 6.45) is 7.84. The van der Waals surface area contributed by atoms with Crippen LogP contribution in [0.5, 0.6) is 0 Å². The molecular weight excluding hydrogens is 446 g/mol. The topological polar surface area (TPSA) is 116 Å². The smallest absolute Gasteiger partial charge is 0.320 e. The molecule has 1 aliphatic heterocycles. The van der Waals surface area contributed by atoms with Crippen LogP contribution < -0.4 is 0 Å². The first-order valence-corrected chi connectivity index (χ1v) is 12.6. The van der Waals surface area contributed by atoms with Crippen LogP contribution in [0.25, 0.3) is 5.69 Å². The van der Waals surface area contributed by atoms with Crippen molar-refractivity contribution in [2.45, 2.75) is 38.6 Å². The third-order valence-electron chi connectivity index (χ3n) is 5.89. The number of hydrogen-bond acceptors (Lipinski definition) is 5. The van der Waals surface area contributed by atoms with Crippen LogP contribution in [-0.4, -0.2) is 87.8 Å². The Kier molecular flexibility index (Phi) is 8.09. The fraction of sp³-hybridized carbons (Fsp3) is 0.500. The van der Waals surface area contributed by atoms with E-state index in [9.17, 15) is 22.6 Å². The molecule has 10 nitrogen and oxygen atoms in total. The molecule has 0 saturated carbocycles. The molecule has 2 aromatic rings. The Hall–Kier alpha value is -2.92. The Balaban J connectivity index is 1.57. The molecule has 0 radical (unpaired) electrons. The predicted octanol–water partition coefficient (Wildman–Crippen LogP) is 2.48. The van der Waals surface area contributed by atoms with Crippen molar-refractivity contribution in [2.75, 3.05) is 32.6 Å². The van der Waals surface area contributed by atoms with Gasteiger partial charge >= 0.3 is 6.03 Å². The van der Waals surface area contributed by atoms with Crippen molar-refractivity contribution in [1.82, 2.24) is 24.3 Å². The third kappa shape index (κ3) is 6.55. The van der Waals surface area contributed by atoms with Crippen LogP contribution in [0, 0.1) is 0 Å². The molecule has 1 aromatic heterocycles. The molecule has 0 aliphatic carbocycles. The first-order chi connectivity index (χ1) is 15.7. The van der Waals surface area contributed by atoms with Crippen molar-refractivity contribution < 1.29 is 22.6 Å². The van der Waals surface area contributed by atoms with Crippen molar-refractivity contribution in [3.05, 3.63) is 48.5 Å². The van der Waals surface area contributed by atoms with Crippen LogP contribution in [0.3, 0.4) is 0 Å². The molecule has 1 aromatic carbocycles. The number of urea groups is 1. The lowest BCUT2D eigenvalue weighted by Crippen LogP contribution is -2.52. The fourth-order valence-electron chi connectivity index (χ4n) is 3.97. The number of likely N-dealkylation sites (tertiary alicyclic amines) is 1. The van der Waals surface area contributed by atoms with Crippen LogP contribution in [0.2, 0.25) is 0 Å². The van der Waals surface area contributed by atoms with Gasteiger partial charge in [-0.25, -0.2) is 9.78 Å². The minimum absolute atomic E-state index is 0.0597. The summed E-state index contributed by atoms with van der Waals surface area (Å²) < 4.78 is 33.8. The summed E-state index contributed by atoms with van der Waals surface area (Å²) in [5, 5.41) is 0. The van der Waals surface area contributed by atoms with E-state index in [1.165, 1.54) is 4.90 Å². The summed E-state index contributed by atoms with van der Waals surface area (Å²) in [7, 11) is -2.67. The van der Waals surface area contributed by atoms with E-state index in [0.29, 0.717) is 37.9 Å². The van der Waals surface area contributed by atoms with Gasteiger partial charge < -0.3 is 19.3 Å². The lowest BCUT2D eigenvalue weighted by atomic mass is 10.0. The molecule has 1 N–H and O–H groups in total. The number of amides is 3. The first kappa shape index (κ1) is 24.7. The summed E-state index contributed by atoms with van der Waals surface area (Å²) in [5.74, 6) is -0.779. The zero-order valence-corrected chi connectivity index (χ0v) is 19.8. The maximum absolute atomic E-state index is 12.9. The number of unbranched alkanes of at least 4 members (excludes halogenated alkanes) is 1. The first-order valence-electron chi connectivity index (χ1n) is 11.0. The zero-order valence-electron chi connectivity index (χ0n) is 19.0. The average Bonchev–Trinajstić information content (AvgIpc) is 3.35. The van der Waals surface area contributed by atoms with Gasteiger partial charge in [-0.05, 0) is 43.5 Å². The highest BCUT2D eigenvalue weighted by atomic mass is 32.2. The Morgan fingerprint density at radius 2 is 1.85 bits per heavy atom. The summed E-state index contributed by atoms with van der Waals surface area (Å²) in [6.45, 7) is 3.19. The third-order valence-corrected chi connectivity index (χ3v) is 6.53. The number of hydrogen-bond donors (Lipinski definition) is 1. The second kappa shape index (κ2) is 10.8. The van der Waals surface area contributed by atoms with Crippen LogP contribution in [0.1, 0.15) is 43.0 Å². The maximum atomic E-state index is 12.9. The van der Waals surface area contributed by atoms with E-state index in [2.05, 4.69) is 4.98 Å². The van der Waals surface area contributed by atoms with E-state index in [-0.39, 0.29) is 18.5 Å². The molecule has 0 atom stereocenters. The second-order valence-electron chi connectivity index (χ2n) is 8.26. The summed E-state index contributed by atoms with van der Waals surface area (Å²) in [4.78, 5) is 34.3. The minimum Gasteiger partial charge on any atom is -0.338 e. The molecule has 0 bridgehead atoms. The normalized spacial score (nSPS) is 14.8. The minimum atomic E-state index is -4.31. The molecule has 1 fully saturated rings. The van der Waals surface area contributed by atoms with Crippen LogP contribution >= 0.6 is 0 Å². The van der Waals surface area contributed by atoms with E-state index in [1.54, 1.807) is 36.6 Å². The highest BCUT2D eigenvalue weighted by Crippen LogP contribution is 2.20. The van der Waals surface area contributed by atoms with Crippen LogP contribution in [0.15, 0.2) is 43.0 Å². The molecule has 3 rings (SSSR count). The van der Waals surface area contributed by atoms with Crippen molar-refractivity contribution in [1.29, 1.82) is 0 Å². The Labute approximate surface area is 194 Å². The van der Waals surface area contributed by atoms with Crippen molar-refractivity contribution in [2.24, 2.45) is 0 Å². The summed E-state index contributed by atoms with van der Waals surface area (Å²) >= 11 is 0. The fourth-order valence-corrected chi connectivity index (χ4v) is 4.60. The molecule has 33 heavy (non-hydrogen) atoms. The number of nitrogens with zero attached hydrogens (tertiary/aromatic N) is 5. The number of aromatic nitrogens is 2. The SMILES string of the molecule is CCCCN(CS(=O)(=O)O)C(=O)N(C)C1CCN(C(=O)c2ccc(-n3ccnc3)cc2)CC1. The molecule has 11 heteroatoms. The molecule has 180 valence electrons. The van der Waals surface area contributed by atoms with Crippen molar-refractivity contribution in [3.8, 4) is 5.69 Å². The molecule has 2 heterocycles. The van der Waals surface area contributed by atoms with Gasteiger partial charge in [-0.15, -0.1) is 0 Å². The highest BCUT2D eigenvalue weighted by molar-refractivity contribution is 7.85. The van der Waals surface area contributed by atoms with Gasteiger partial charge in [0.05, 0.1) is 6.33 Å². The summed E-state index contributed by atoms with van der Waals surface area (Å²) in [6, 6.07) is 6.78. The number of carbonyl (C=O) groups is 2. The van der Waals surface area contributed by atoms with Gasteiger partial charge in [0.25, 0.3) is 16.0 Å². The zero-order chi connectivity index (χ0) is 24.0. The standard InChI is InChI=1S/C22H31N5O5S/c1-3-4-12-27(17-33(30,31)32)22(29)24(2)19-9-13-25(14-10-19)21(28)18-5-7-20(8-6-18)26-15-11-23-16-26/h5-8,11,15-16,19H,3-4,9-10,12-14,17H2,1-2H3,(H,30,31,32). The lowest BCUT2D eigenvalue weighted by molar-refractivity contribution is 0.0653. The molecule has 3 amide bonds. The van der Waals surface area contributed by atoms with Gasteiger partial charge in [0, 0.05) is 56.4 Å². The van der Waals surface area contributed by atoms with Gasteiger partial charge in [0.15, 0.2) is 0 Å². The van der Waals surface area contributed by atoms with Gasteiger partial charge in [-0.3, -0.25) is 9.35 Å².